The minimum Gasteiger partial charge on any atom is -0.293 e. The van der Waals surface area contributed by atoms with Crippen molar-refractivity contribution in [1.82, 2.24) is 24.8 Å². The van der Waals surface area contributed by atoms with Gasteiger partial charge in [-0.3, -0.25) is 49.2 Å². The van der Waals surface area contributed by atoms with E-state index in [1.807, 2.05) is 0 Å². The summed E-state index contributed by atoms with van der Waals surface area (Å²) in [5.41, 5.74) is 1.35. The van der Waals surface area contributed by atoms with E-state index in [0.29, 0.717) is 5.56 Å². The zero-order chi connectivity index (χ0) is 34.3. The van der Waals surface area contributed by atoms with Crippen LogP contribution in [0.5, 0.6) is 0 Å². The van der Waals surface area contributed by atoms with Gasteiger partial charge in [-0.25, -0.2) is 0 Å². The second kappa shape index (κ2) is 12.6. The number of fused-ring (bicyclic) bond motifs is 2. The van der Waals surface area contributed by atoms with Gasteiger partial charge in [0.25, 0.3) is 23.6 Å². The highest BCUT2D eigenvalue weighted by Crippen LogP contribution is 2.30. The molecule has 2 aliphatic rings. The number of amides is 6. The van der Waals surface area contributed by atoms with Gasteiger partial charge in [0.05, 0.1) is 22.3 Å². The van der Waals surface area contributed by atoms with Gasteiger partial charge in [0.15, 0.2) is 5.82 Å². The lowest BCUT2D eigenvalue weighted by atomic mass is 10.0. The monoisotopic (exact) mass is 645 g/mol. The lowest BCUT2D eigenvalue weighted by Gasteiger charge is -2.28. The van der Waals surface area contributed by atoms with Crippen molar-refractivity contribution in [3.63, 3.8) is 0 Å². The van der Waals surface area contributed by atoms with E-state index in [9.17, 15) is 28.8 Å². The summed E-state index contributed by atoms with van der Waals surface area (Å²) in [4.78, 5) is 95.5. The second-order valence-electron chi connectivity index (χ2n) is 12.1. The van der Waals surface area contributed by atoms with Crippen molar-refractivity contribution in [2.24, 2.45) is 11.8 Å². The number of hydrogen-bond donors (Lipinski definition) is 2. The molecule has 2 atom stereocenters. The summed E-state index contributed by atoms with van der Waals surface area (Å²) in [6.07, 6.45) is 0. The number of carbonyl (C=O) groups excluding carboxylic acids is 6. The molecule has 3 heterocycles. The molecule has 0 saturated heterocycles. The SMILES string of the molecule is CC(C)C(C(=O)Nc1nc(NC(=O)C(C(C)C)N2C(=O)c3ccccc3C2=O)nc(-c2ccccc2)n1)N1C(=O)c2ccccc2C1=O. The summed E-state index contributed by atoms with van der Waals surface area (Å²) in [5, 5.41) is 5.22. The van der Waals surface area contributed by atoms with Gasteiger partial charge in [-0.2, -0.15) is 15.0 Å². The molecule has 3 aromatic carbocycles. The lowest BCUT2D eigenvalue weighted by molar-refractivity contribution is -0.121. The van der Waals surface area contributed by atoms with Gasteiger partial charge in [0.1, 0.15) is 12.1 Å². The van der Waals surface area contributed by atoms with E-state index in [1.165, 1.54) is 24.3 Å². The van der Waals surface area contributed by atoms with Gasteiger partial charge < -0.3 is 0 Å². The molecule has 0 radical (unpaired) electrons. The van der Waals surface area contributed by atoms with Gasteiger partial charge in [-0.1, -0.05) is 82.3 Å². The molecule has 242 valence electrons. The Kier molecular flexibility index (Phi) is 8.36. The van der Waals surface area contributed by atoms with E-state index in [4.69, 9.17) is 0 Å². The predicted molar refractivity (Wildman–Crippen MR) is 174 cm³/mol. The molecule has 0 fully saturated rings. The minimum atomic E-state index is -1.22. The van der Waals surface area contributed by atoms with Crippen molar-refractivity contribution in [3.8, 4) is 11.4 Å². The molecular weight excluding hydrogens is 614 g/mol. The van der Waals surface area contributed by atoms with Crippen molar-refractivity contribution < 1.29 is 28.8 Å². The van der Waals surface area contributed by atoms with E-state index in [2.05, 4.69) is 25.6 Å². The van der Waals surface area contributed by atoms with Crippen LogP contribution in [0.25, 0.3) is 11.4 Å². The van der Waals surface area contributed by atoms with Crippen LogP contribution in [-0.4, -0.2) is 72.3 Å². The molecule has 2 aliphatic heterocycles. The number of nitrogens with one attached hydrogen (secondary N) is 2. The fourth-order valence-corrected chi connectivity index (χ4v) is 5.93. The smallest absolute Gasteiger partial charge is 0.262 e. The number of anilines is 2. The molecule has 0 bridgehead atoms. The summed E-state index contributed by atoms with van der Waals surface area (Å²) < 4.78 is 0. The first-order valence-corrected chi connectivity index (χ1v) is 15.3. The highest BCUT2D eigenvalue weighted by Gasteiger charge is 2.45. The van der Waals surface area contributed by atoms with Gasteiger partial charge in [-0.15, -0.1) is 0 Å². The van der Waals surface area contributed by atoms with Crippen LogP contribution in [0.1, 0.15) is 69.1 Å². The summed E-state index contributed by atoms with van der Waals surface area (Å²) in [6, 6.07) is 19.0. The highest BCUT2D eigenvalue weighted by molar-refractivity contribution is 6.24. The van der Waals surface area contributed by atoms with E-state index < -0.39 is 59.4 Å². The first-order chi connectivity index (χ1) is 23.0. The predicted octanol–water partition coefficient (Wildman–Crippen LogP) is 4.06. The molecule has 4 aromatic rings. The van der Waals surface area contributed by atoms with Crippen LogP contribution in [0.2, 0.25) is 0 Å². The molecular formula is C35H31N7O6. The van der Waals surface area contributed by atoms with Gasteiger partial charge in [0.2, 0.25) is 23.7 Å². The molecule has 13 nitrogen and oxygen atoms in total. The fourth-order valence-electron chi connectivity index (χ4n) is 5.93. The van der Waals surface area contributed by atoms with Crippen molar-refractivity contribution in [3.05, 3.63) is 101 Å². The van der Waals surface area contributed by atoms with Crippen LogP contribution < -0.4 is 10.6 Å². The number of rotatable bonds is 9. The standard InChI is InChI=1S/C35H31N7O6/c1-18(2)25(41-30(45)21-14-8-9-15-22(21)31(41)46)28(43)38-34-36-27(20-12-6-5-7-13-20)37-35(40-34)39-29(44)26(19(3)4)42-32(47)23-16-10-11-17-24(23)33(42)48/h5-19,25-26H,1-4H3,(H2,36,37,38,39,40,43,44). The van der Waals surface area contributed by atoms with E-state index >= 15 is 0 Å². The third-order valence-electron chi connectivity index (χ3n) is 8.14. The maximum Gasteiger partial charge on any atom is 0.262 e. The Morgan fingerprint density at radius 3 is 1.19 bits per heavy atom. The molecule has 6 rings (SSSR count). The Bertz CT molecular complexity index is 1800. The van der Waals surface area contributed by atoms with Crippen molar-refractivity contribution in [1.29, 1.82) is 0 Å². The quantitative estimate of drug-likeness (QED) is 0.255. The lowest BCUT2D eigenvalue weighted by Crippen LogP contribution is -2.50. The summed E-state index contributed by atoms with van der Waals surface area (Å²) in [7, 11) is 0. The van der Waals surface area contributed by atoms with Crippen LogP contribution in [0.3, 0.4) is 0 Å². The van der Waals surface area contributed by atoms with E-state index in [0.717, 1.165) is 9.80 Å². The average Bonchev–Trinajstić information content (AvgIpc) is 3.46. The van der Waals surface area contributed by atoms with Crippen LogP contribution in [0.15, 0.2) is 78.9 Å². The molecule has 13 heteroatoms. The molecule has 0 aliphatic carbocycles. The number of nitrogens with zero attached hydrogens (tertiary/aromatic N) is 5. The zero-order valence-corrected chi connectivity index (χ0v) is 26.5. The topological polar surface area (TPSA) is 172 Å². The van der Waals surface area contributed by atoms with E-state index in [1.54, 1.807) is 82.3 Å². The third-order valence-corrected chi connectivity index (χ3v) is 8.14. The normalized spacial score (nSPS) is 15.1. The summed E-state index contributed by atoms with van der Waals surface area (Å²) >= 11 is 0. The zero-order valence-electron chi connectivity index (χ0n) is 26.5. The third kappa shape index (κ3) is 5.59. The Labute approximate surface area is 275 Å². The summed E-state index contributed by atoms with van der Waals surface area (Å²) in [6.45, 7) is 6.81. The van der Waals surface area contributed by atoms with Crippen LogP contribution >= 0.6 is 0 Å². The molecule has 0 spiro atoms. The van der Waals surface area contributed by atoms with Crippen molar-refractivity contribution >= 4 is 47.3 Å². The summed E-state index contributed by atoms with van der Waals surface area (Å²) in [5.74, 6) is -5.22. The maximum absolute atomic E-state index is 13.8. The number of imide groups is 2. The number of aromatic nitrogens is 3. The average molecular weight is 646 g/mol. The molecule has 1 aromatic heterocycles. The maximum atomic E-state index is 13.8. The number of carbonyl (C=O) groups is 6. The number of hydrogen-bond acceptors (Lipinski definition) is 9. The second-order valence-corrected chi connectivity index (χ2v) is 12.1. The Balaban J connectivity index is 1.31. The molecule has 6 amide bonds. The number of benzene rings is 3. The molecule has 0 saturated carbocycles. The van der Waals surface area contributed by atoms with Crippen LogP contribution in [0.4, 0.5) is 11.9 Å². The van der Waals surface area contributed by atoms with Gasteiger partial charge in [0, 0.05) is 5.56 Å². The largest absolute Gasteiger partial charge is 0.293 e. The Morgan fingerprint density at radius 2 is 0.854 bits per heavy atom. The Morgan fingerprint density at radius 1 is 0.521 bits per heavy atom. The van der Waals surface area contributed by atoms with Crippen molar-refractivity contribution in [2.75, 3.05) is 10.6 Å². The van der Waals surface area contributed by atoms with E-state index in [-0.39, 0.29) is 40.0 Å². The minimum absolute atomic E-state index is 0.0971. The first kappa shape index (κ1) is 31.9. The molecule has 48 heavy (non-hydrogen) atoms. The Hall–Kier alpha value is -6.11. The molecule has 2 unspecified atom stereocenters. The fraction of sp³-hybridized carbons (Fsp3) is 0.229. The van der Waals surface area contributed by atoms with Crippen LogP contribution in [-0.2, 0) is 9.59 Å². The van der Waals surface area contributed by atoms with Gasteiger partial charge in [-0.05, 0) is 36.1 Å². The first-order valence-electron chi connectivity index (χ1n) is 15.3. The van der Waals surface area contributed by atoms with Crippen LogP contribution in [0, 0.1) is 11.8 Å². The van der Waals surface area contributed by atoms with Gasteiger partial charge >= 0.3 is 0 Å². The van der Waals surface area contributed by atoms with Crippen molar-refractivity contribution in [2.45, 2.75) is 39.8 Å². The highest BCUT2D eigenvalue weighted by atomic mass is 16.2. The molecule has 2 N–H and O–H groups in total.